The molecule has 0 heterocycles. The lowest BCUT2D eigenvalue weighted by molar-refractivity contribution is 0.226. The van der Waals surface area contributed by atoms with Crippen molar-refractivity contribution in [3.63, 3.8) is 0 Å². The highest BCUT2D eigenvalue weighted by Gasteiger charge is 2.25. The van der Waals surface area contributed by atoms with Crippen molar-refractivity contribution in [3.8, 4) is 5.75 Å². The lowest BCUT2D eigenvalue weighted by Gasteiger charge is -2.09. The smallest absolute Gasteiger partial charge is 0.490 e. The molecule has 1 aromatic rings. The molecule has 0 spiro atoms. The van der Waals surface area contributed by atoms with Gasteiger partial charge in [-0.15, -0.1) is 0 Å². The Kier molecular flexibility index (Phi) is 5.37. The zero-order valence-electron chi connectivity index (χ0n) is 9.67. The SMILES string of the molecule is C=CCOc1ccc(CCC[Si](O)(O)O)cc1. The Bertz CT molecular complexity index is 343. The normalized spacial score (nSPS) is 11.2. The maximum atomic E-state index is 8.86. The molecule has 0 fully saturated rings. The van der Waals surface area contributed by atoms with Crippen LogP contribution in [0.15, 0.2) is 36.9 Å². The molecule has 0 saturated carbocycles. The Morgan fingerprint density at radius 2 is 1.82 bits per heavy atom. The fraction of sp³-hybridized carbons (Fsp3) is 0.333. The fourth-order valence-corrected chi connectivity index (χ4v) is 2.09. The van der Waals surface area contributed by atoms with Gasteiger partial charge < -0.3 is 19.1 Å². The molecule has 0 aliphatic heterocycles. The van der Waals surface area contributed by atoms with E-state index in [0.717, 1.165) is 11.3 Å². The molecule has 0 saturated heterocycles. The monoisotopic (exact) mass is 254 g/mol. The second-order valence-corrected chi connectivity index (χ2v) is 5.92. The van der Waals surface area contributed by atoms with Crippen LogP contribution in [0.25, 0.3) is 0 Å². The summed E-state index contributed by atoms with van der Waals surface area (Å²) in [5, 5.41) is 0. The minimum absolute atomic E-state index is 0.0711. The number of aryl methyl sites for hydroxylation is 1. The Balaban J connectivity index is 2.37. The number of ether oxygens (including phenoxy) is 1. The van der Waals surface area contributed by atoms with Crippen molar-refractivity contribution in [2.24, 2.45) is 0 Å². The molecule has 5 heteroatoms. The second kappa shape index (κ2) is 6.56. The van der Waals surface area contributed by atoms with E-state index in [0.29, 0.717) is 19.4 Å². The summed E-state index contributed by atoms with van der Waals surface area (Å²) in [6.45, 7) is 4.04. The van der Waals surface area contributed by atoms with Crippen molar-refractivity contribution in [2.75, 3.05) is 6.61 Å². The van der Waals surface area contributed by atoms with Crippen molar-refractivity contribution in [2.45, 2.75) is 18.9 Å². The van der Waals surface area contributed by atoms with E-state index in [1.807, 2.05) is 24.3 Å². The van der Waals surface area contributed by atoms with Crippen LogP contribution in [0.4, 0.5) is 0 Å². The van der Waals surface area contributed by atoms with E-state index in [1.54, 1.807) is 6.08 Å². The summed E-state index contributed by atoms with van der Waals surface area (Å²) in [6, 6.07) is 7.64. The van der Waals surface area contributed by atoms with Crippen molar-refractivity contribution in [1.29, 1.82) is 0 Å². The molecule has 0 unspecified atom stereocenters. The molecule has 0 aliphatic rings. The van der Waals surface area contributed by atoms with Crippen molar-refractivity contribution in [3.05, 3.63) is 42.5 Å². The number of benzene rings is 1. The van der Waals surface area contributed by atoms with Crippen LogP contribution in [0.2, 0.25) is 6.04 Å². The molecule has 4 nitrogen and oxygen atoms in total. The van der Waals surface area contributed by atoms with Crippen LogP contribution < -0.4 is 4.74 Å². The van der Waals surface area contributed by atoms with E-state index < -0.39 is 8.80 Å². The summed E-state index contributed by atoms with van der Waals surface area (Å²) in [5.41, 5.74) is 1.08. The first kappa shape index (κ1) is 13.9. The predicted octanol–water partition coefficient (Wildman–Crippen LogP) is 1.10. The highest BCUT2D eigenvalue weighted by Crippen LogP contribution is 2.15. The van der Waals surface area contributed by atoms with Gasteiger partial charge in [0.1, 0.15) is 12.4 Å². The fourth-order valence-electron chi connectivity index (χ4n) is 1.44. The van der Waals surface area contributed by atoms with Crippen LogP contribution in [0.3, 0.4) is 0 Å². The van der Waals surface area contributed by atoms with Crippen LogP contribution in [0.5, 0.6) is 5.75 Å². The van der Waals surface area contributed by atoms with Gasteiger partial charge in [-0.25, -0.2) is 0 Å². The molecule has 0 aromatic heterocycles. The molecule has 94 valence electrons. The minimum Gasteiger partial charge on any atom is -0.490 e. The highest BCUT2D eigenvalue weighted by atomic mass is 28.4. The molecule has 0 radical (unpaired) electrons. The van der Waals surface area contributed by atoms with Crippen LogP contribution in [-0.2, 0) is 6.42 Å². The first-order valence-corrected chi connectivity index (χ1v) is 7.56. The first-order valence-electron chi connectivity index (χ1n) is 5.51. The van der Waals surface area contributed by atoms with Gasteiger partial charge in [-0.3, -0.25) is 0 Å². The average Bonchev–Trinajstić information content (AvgIpc) is 2.26. The van der Waals surface area contributed by atoms with Crippen LogP contribution in [-0.4, -0.2) is 29.8 Å². The second-order valence-electron chi connectivity index (χ2n) is 3.87. The average molecular weight is 254 g/mol. The van der Waals surface area contributed by atoms with E-state index in [1.165, 1.54) is 0 Å². The quantitative estimate of drug-likeness (QED) is 0.503. The number of rotatable bonds is 7. The maximum Gasteiger partial charge on any atom is 0.492 e. The van der Waals surface area contributed by atoms with E-state index in [4.69, 9.17) is 19.1 Å². The predicted molar refractivity (Wildman–Crippen MR) is 67.7 cm³/mol. The summed E-state index contributed by atoms with van der Waals surface area (Å²) in [5.74, 6) is 0.781. The summed E-state index contributed by atoms with van der Waals surface area (Å²) < 4.78 is 5.34. The lowest BCUT2D eigenvalue weighted by Crippen LogP contribution is -2.34. The molecule has 1 aromatic carbocycles. The standard InChI is InChI=1S/C12H18O4Si/c1-2-9-16-12-7-5-11(6-8-12)4-3-10-17(13,14)15/h2,5-8,13-15H,1,3-4,9-10H2. The van der Waals surface area contributed by atoms with Gasteiger partial charge in [0, 0.05) is 6.04 Å². The topological polar surface area (TPSA) is 69.9 Å². The van der Waals surface area contributed by atoms with Gasteiger partial charge in [-0.2, -0.15) is 0 Å². The van der Waals surface area contributed by atoms with E-state index in [-0.39, 0.29) is 6.04 Å². The molecule has 17 heavy (non-hydrogen) atoms. The van der Waals surface area contributed by atoms with Gasteiger partial charge in [-0.1, -0.05) is 24.8 Å². The minimum atomic E-state index is -3.88. The molecule has 0 amide bonds. The molecular weight excluding hydrogens is 236 g/mol. The third-order valence-corrected chi connectivity index (χ3v) is 3.29. The van der Waals surface area contributed by atoms with E-state index >= 15 is 0 Å². The number of hydrogen-bond acceptors (Lipinski definition) is 4. The largest absolute Gasteiger partial charge is 0.492 e. The van der Waals surface area contributed by atoms with Gasteiger partial charge in [0.25, 0.3) is 0 Å². The molecule has 3 N–H and O–H groups in total. The van der Waals surface area contributed by atoms with Gasteiger partial charge in [0.2, 0.25) is 0 Å². The first-order chi connectivity index (χ1) is 8.01. The van der Waals surface area contributed by atoms with Gasteiger partial charge in [0.15, 0.2) is 0 Å². The van der Waals surface area contributed by atoms with Gasteiger partial charge in [-0.05, 0) is 30.5 Å². The van der Waals surface area contributed by atoms with Crippen molar-refractivity contribution >= 4 is 8.80 Å². The molecule has 0 aliphatic carbocycles. The summed E-state index contributed by atoms with van der Waals surface area (Å²) in [7, 11) is -3.88. The van der Waals surface area contributed by atoms with Gasteiger partial charge >= 0.3 is 8.80 Å². The maximum absolute atomic E-state index is 8.86. The van der Waals surface area contributed by atoms with E-state index in [2.05, 4.69) is 6.58 Å². The molecular formula is C12H18O4Si. The lowest BCUT2D eigenvalue weighted by atomic mass is 10.1. The zero-order chi connectivity index (χ0) is 12.7. The Labute approximate surface area is 102 Å². The third-order valence-electron chi connectivity index (χ3n) is 2.27. The zero-order valence-corrected chi connectivity index (χ0v) is 10.7. The summed E-state index contributed by atoms with van der Waals surface area (Å²) >= 11 is 0. The summed E-state index contributed by atoms with van der Waals surface area (Å²) in [6.07, 6.45) is 2.95. The van der Waals surface area contributed by atoms with E-state index in [9.17, 15) is 0 Å². The Morgan fingerprint density at radius 3 is 2.35 bits per heavy atom. The van der Waals surface area contributed by atoms with Crippen molar-refractivity contribution in [1.82, 2.24) is 0 Å². The van der Waals surface area contributed by atoms with Gasteiger partial charge in [0.05, 0.1) is 0 Å². The molecule has 0 bridgehead atoms. The number of hydrogen-bond donors (Lipinski definition) is 3. The van der Waals surface area contributed by atoms with Crippen LogP contribution in [0.1, 0.15) is 12.0 Å². The highest BCUT2D eigenvalue weighted by molar-refractivity contribution is 6.56. The van der Waals surface area contributed by atoms with Crippen LogP contribution >= 0.6 is 0 Å². The Hall–Kier alpha value is -1.14. The Morgan fingerprint density at radius 1 is 1.18 bits per heavy atom. The van der Waals surface area contributed by atoms with Crippen molar-refractivity contribution < 1.29 is 19.1 Å². The summed E-state index contributed by atoms with van der Waals surface area (Å²) in [4.78, 5) is 26.6. The molecule has 1 rings (SSSR count). The molecule has 0 atom stereocenters. The third kappa shape index (κ3) is 6.23. The van der Waals surface area contributed by atoms with Crippen LogP contribution in [0, 0.1) is 0 Å².